The number of anilines is 1. The molecule has 0 atom stereocenters. The number of hydrogen-bond donors (Lipinski definition) is 2. The quantitative estimate of drug-likeness (QED) is 0.711. The van der Waals surface area contributed by atoms with E-state index >= 15 is 0 Å². The Bertz CT molecular complexity index is 888. The Labute approximate surface area is 144 Å². The van der Waals surface area contributed by atoms with E-state index in [0.29, 0.717) is 30.2 Å². The van der Waals surface area contributed by atoms with Gasteiger partial charge in [-0.05, 0) is 24.3 Å². The Kier molecular flexibility index (Phi) is 4.98. The highest BCUT2D eigenvalue weighted by Gasteiger charge is 2.09. The predicted molar refractivity (Wildman–Crippen MR) is 92.8 cm³/mol. The molecule has 0 fully saturated rings. The largest absolute Gasteiger partial charge is 0.356 e. The number of amides is 2. The molecular formula is C17H18N6O2. The molecule has 0 radical (unpaired) electrons. The summed E-state index contributed by atoms with van der Waals surface area (Å²) in [4.78, 5) is 27.3. The van der Waals surface area contributed by atoms with Crippen molar-refractivity contribution in [1.29, 1.82) is 0 Å². The molecule has 0 saturated heterocycles. The van der Waals surface area contributed by atoms with Crippen molar-refractivity contribution in [2.24, 2.45) is 0 Å². The van der Waals surface area contributed by atoms with Crippen LogP contribution in [0.4, 0.5) is 5.69 Å². The second-order valence-electron chi connectivity index (χ2n) is 5.39. The molecule has 3 aromatic rings. The van der Waals surface area contributed by atoms with E-state index < -0.39 is 0 Å². The third-order valence-corrected chi connectivity index (χ3v) is 3.59. The van der Waals surface area contributed by atoms with Gasteiger partial charge in [-0.2, -0.15) is 0 Å². The lowest BCUT2D eigenvalue weighted by Crippen LogP contribution is -2.26. The summed E-state index contributed by atoms with van der Waals surface area (Å²) >= 11 is 0. The van der Waals surface area contributed by atoms with Crippen LogP contribution in [0, 0.1) is 0 Å². The van der Waals surface area contributed by atoms with Crippen LogP contribution >= 0.6 is 0 Å². The van der Waals surface area contributed by atoms with Gasteiger partial charge in [-0.3, -0.25) is 19.0 Å². The fourth-order valence-corrected chi connectivity index (χ4v) is 2.28. The average Bonchev–Trinajstić information content (AvgIpc) is 3.06. The number of fused-ring (bicyclic) bond motifs is 1. The monoisotopic (exact) mass is 338 g/mol. The maximum Gasteiger partial charge on any atom is 0.226 e. The maximum absolute atomic E-state index is 11.9. The second-order valence-corrected chi connectivity index (χ2v) is 5.39. The van der Waals surface area contributed by atoms with E-state index in [0.717, 1.165) is 5.65 Å². The molecule has 0 aliphatic heterocycles. The van der Waals surface area contributed by atoms with E-state index in [9.17, 15) is 9.59 Å². The summed E-state index contributed by atoms with van der Waals surface area (Å²) in [5.74, 6) is 0.383. The first-order valence-corrected chi connectivity index (χ1v) is 8.00. The second kappa shape index (κ2) is 7.52. The Balaban J connectivity index is 1.62. The molecule has 25 heavy (non-hydrogen) atoms. The van der Waals surface area contributed by atoms with Crippen LogP contribution in [-0.2, 0) is 9.59 Å². The molecule has 3 aromatic heterocycles. The highest BCUT2D eigenvalue weighted by molar-refractivity contribution is 5.91. The number of carbonyl (C=O) groups excluding carboxylic acids is 2. The number of hydrogen-bond acceptors (Lipinski definition) is 5. The van der Waals surface area contributed by atoms with Gasteiger partial charge in [0.05, 0.1) is 11.9 Å². The lowest BCUT2D eigenvalue weighted by molar-refractivity contribution is -0.121. The standard InChI is InChI=1S/C17H18N6O2/c1-2-15(24)18-9-8-16(25)20-12-6-7-13(19-11-12)17-22-21-14-5-3-4-10-23(14)17/h3-7,10-11H,2,8-9H2,1H3,(H,18,24)(H,20,25). The Morgan fingerprint density at radius 2 is 2.00 bits per heavy atom. The van der Waals surface area contributed by atoms with Crippen LogP contribution in [0.25, 0.3) is 17.2 Å². The van der Waals surface area contributed by atoms with E-state index in [1.165, 1.54) is 0 Å². The Morgan fingerprint density at radius 3 is 2.76 bits per heavy atom. The van der Waals surface area contributed by atoms with Crippen LogP contribution in [0.15, 0.2) is 42.7 Å². The minimum absolute atomic E-state index is 0.0700. The highest BCUT2D eigenvalue weighted by Crippen LogP contribution is 2.17. The van der Waals surface area contributed by atoms with Crippen molar-refractivity contribution in [2.45, 2.75) is 19.8 Å². The van der Waals surface area contributed by atoms with Crippen molar-refractivity contribution in [2.75, 3.05) is 11.9 Å². The number of nitrogens with one attached hydrogen (secondary N) is 2. The summed E-state index contributed by atoms with van der Waals surface area (Å²) < 4.78 is 1.84. The minimum Gasteiger partial charge on any atom is -0.356 e. The van der Waals surface area contributed by atoms with Gasteiger partial charge in [0.25, 0.3) is 0 Å². The van der Waals surface area contributed by atoms with E-state index in [1.54, 1.807) is 25.3 Å². The smallest absolute Gasteiger partial charge is 0.226 e. The van der Waals surface area contributed by atoms with E-state index in [1.807, 2.05) is 28.8 Å². The van der Waals surface area contributed by atoms with Crippen LogP contribution < -0.4 is 10.6 Å². The van der Waals surface area contributed by atoms with Crippen LogP contribution in [0.3, 0.4) is 0 Å². The van der Waals surface area contributed by atoms with Crippen LogP contribution in [0.1, 0.15) is 19.8 Å². The van der Waals surface area contributed by atoms with Gasteiger partial charge >= 0.3 is 0 Å². The zero-order valence-corrected chi connectivity index (χ0v) is 13.8. The molecule has 2 N–H and O–H groups in total. The van der Waals surface area contributed by atoms with Gasteiger partial charge in [-0.1, -0.05) is 13.0 Å². The van der Waals surface area contributed by atoms with Crippen molar-refractivity contribution in [3.05, 3.63) is 42.7 Å². The van der Waals surface area contributed by atoms with Crippen molar-refractivity contribution in [3.63, 3.8) is 0 Å². The first-order valence-electron chi connectivity index (χ1n) is 8.00. The number of pyridine rings is 2. The Morgan fingerprint density at radius 1 is 1.12 bits per heavy atom. The molecular weight excluding hydrogens is 320 g/mol. The summed E-state index contributed by atoms with van der Waals surface area (Å²) in [6, 6.07) is 9.18. The van der Waals surface area contributed by atoms with Crippen molar-refractivity contribution in [3.8, 4) is 11.5 Å². The fourth-order valence-electron chi connectivity index (χ4n) is 2.28. The lowest BCUT2D eigenvalue weighted by atomic mass is 10.3. The topological polar surface area (TPSA) is 101 Å². The van der Waals surface area contributed by atoms with E-state index in [4.69, 9.17) is 0 Å². The zero-order chi connectivity index (χ0) is 17.6. The van der Waals surface area contributed by atoms with E-state index in [2.05, 4.69) is 25.8 Å². The minimum atomic E-state index is -0.182. The van der Waals surface area contributed by atoms with Gasteiger partial charge in [0.15, 0.2) is 11.5 Å². The van der Waals surface area contributed by atoms with Gasteiger partial charge in [0, 0.05) is 25.6 Å². The Hall–Kier alpha value is -3.29. The van der Waals surface area contributed by atoms with E-state index in [-0.39, 0.29) is 18.2 Å². The SMILES string of the molecule is CCC(=O)NCCC(=O)Nc1ccc(-c2nnc3ccccn23)nc1. The van der Waals surface area contributed by atoms with Crippen LogP contribution in [-0.4, -0.2) is 37.9 Å². The molecule has 8 nitrogen and oxygen atoms in total. The third kappa shape index (κ3) is 3.97. The molecule has 8 heteroatoms. The first kappa shape index (κ1) is 16.6. The number of aromatic nitrogens is 4. The van der Waals surface area contributed by atoms with Crippen molar-refractivity contribution in [1.82, 2.24) is 24.9 Å². The third-order valence-electron chi connectivity index (χ3n) is 3.59. The first-order chi connectivity index (χ1) is 12.2. The predicted octanol–water partition coefficient (Wildman–Crippen LogP) is 1.65. The lowest BCUT2D eigenvalue weighted by Gasteiger charge is -2.06. The molecule has 3 heterocycles. The molecule has 0 aromatic carbocycles. The normalized spacial score (nSPS) is 10.6. The van der Waals surface area contributed by atoms with Crippen LogP contribution in [0.2, 0.25) is 0 Å². The molecule has 0 saturated carbocycles. The molecule has 2 amide bonds. The number of rotatable bonds is 6. The molecule has 0 aliphatic carbocycles. The average molecular weight is 338 g/mol. The summed E-state index contributed by atoms with van der Waals surface area (Å²) in [6.45, 7) is 2.08. The molecule has 0 unspecified atom stereocenters. The summed E-state index contributed by atoms with van der Waals surface area (Å²) in [6.07, 6.45) is 4.06. The number of nitrogens with zero attached hydrogens (tertiary/aromatic N) is 4. The molecule has 0 spiro atoms. The van der Waals surface area contributed by atoms with Crippen molar-refractivity contribution < 1.29 is 9.59 Å². The van der Waals surface area contributed by atoms with Crippen LogP contribution in [0.5, 0.6) is 0 Å². The number of carbonyl (C=O) groups is 2. The van der Waals surface area contributed by atoms with Gasteiger partial charge in [-0.25, -0.2) is 0 Å². The van der Waals surface area contributed by atoms with Gasteiger partial charge in [-0.15, -0.1) is 10.2 Å². The molecule has 128 valence electrons. The van der Waals surface area contributed by atoms with Gasteiger partial charge in [0.1, 0.15) is 5.69 Å². The molecule has 0 aliphatic rings. The molecule has 0 bridgehead atoms. The van der Waals surface area contributed by atoms with Crippen molar-refractivity contribution >= 4 is 23.1 Å². The van der Waals surface area contributed by atoms with Gasteiger partial charge in [0.2, 0.25) is 11.8 Å². The van der Waals surface area contributed by atoms with Gasteiger partial charge < -0.3 is 10.6 Å². The maximum atomic E-state index is 11.9. The summed E-state index contributed by atoms with van der Waals surface area (Å²) in [5.41, 5.74) is 1.99. The zero-order valence-electron chi connectivity index (χ0n) is 13.8. The highest BCUT2D eigenvalue weighted by atomic mass is 16.2. The fraction of sp³-hybridized carbons (Fsp3) is 0.235. The molecule has 3 rings (SSSR count). The summed E-state index contributed by atoms with van der Waals surface area (Å²) in [7, 11) is 0. The summed E-state index contributed by atoms with van der Waals surface area (Å²) in [5, 5.41) is 13.6.